The van der Waals surface area contributed by atoms with Gasteiger partial charge in [-0.05, 0) is 18.6 Å². The maximum absolute atomic E-state index is 12.5. The molecule has 0 radical (unpaired) electrons. The van der Waals surface area contributed by atoms with Crippen LogP contribution in [0.15, 0.2) is 24.3 Å². The van der Waals surface area contributed by atoms with Crippen molar-refractivity contribution in [3.05, 3.63) is 35.4 Å². The molecule has 1 aromatic rings. The fourth-order valence-electron chi connectivity index (χ4n) is 1.53. The molecule has 1 unspecified atom stereocenters. The van der Waals surface area contributed by atoms with E-state index in [1.807, 2.05) is 0 Å². The third-order valence-electron chi connectivity index (χ3n) is 2.40. The Kier molecular flexibility index (Phi) is 4.27. The SMILES string of the molecule is COC(=O)C(C)(Cl)Cc1cccc(C(F)(F)F)c1. The normalized spacial score (nSPS) is 15.0. The van der Waals surface area contributed by atoms with Crippen molar-refractivity contribution >= 4 is 17.6 Å². The van der Waals surface area contributed by atoms with Crippen molar-refractivity contribution < 1.29 is 22.7 Å². The highest BCUT2D eigenvalue weighted by Gasteiger charge is 2.34. The summed E-state index contributed by atoms with van der Waals surface area (Å²) < 4.78 is 42.0. The molecule has 0 amide bonds. The Morgan fingerprint density at radius 1 is 1.39 bits per heavy atom. The Morgan fingerprint density at radius 3 is 2.50 bits per heavy atom. The highest BCUT2D eigenvalue weighted by Crippen LogP contribution is 2.31. The summed E-state index contributed by atoms with van der Waals surface area (Å²) in [4.78, 5) is 9.97. The van der Waals surface area contributed by atoms with Crippen molar-refractivity contribution in [2.45, 2.75) is 24.4 Å². The van der Waals surface area contributed by atoms with Gasteiger partial charge in [0, 0.05) is 6.42 Å². The van der Waals surface area contributed by atoms with Gasteiger partial charge in [-0.15, -0.1) is 11.6 Å². The van der Waals surface area contributed by atoms with Crippen LogP contribution < -0.4 is 0 Å². The molecule has 0 aliphatic carbocycles. The van der Waals surface area contributed by atoms with E-state index in [0.717, 1.165) is 12.1 Å². The number of halogens is 4. The average molecular weight is 281 g/mol. The van der Waals surface area contributed by atoms with Crippen molar-refractivity contribution in [3.8, 4) is 0 Å². The van der Waals surface area contributed by atoms with Crippen LogP contribution in [-0.4, -0.2) is 18.0 Å². The number of hydrogen-bond acceptors (Lipinski definition) is 2. The zero-order chi connectivity index (χ0) is 14.0. The van der Waals surface area contributed by atoms with Crippen LogP contribution in [0.5, 0.6) is 0 Å². The van der Waals surface area contributed by atoms with Gasteiger partial charge in [0.05, 0.1) is 12.7 Å². The molecular weight excluding hydrogens is 269 g/mol. The third-order valence-corrected chi connectivity index (χ3v) is 2.69. The van der Waals surface area contributed by atoms with Crippen LogP contribution in [0.1, 0.15) is 18.1 Å². The lowest BCUT2D eigenvalue weighted by molar-refractivity contribution is -0.143. The maximum Gasteiger partial charge on any atom is 0.416 e. The Balaban J connectivity index is 2.96. The molecule has 100 valence electrons. The van der Waals surface area contributed by atoms with E-state index in [1.165, 1.54) is 26.2 Å². The smallest absolute Gasteiger partial charge is 0.416 e. The molecule has 0 N–H and O–H groups in total. The van der Waals surface area contributed by atoms with Crippen molar-refractivity contribution in [3.63, 3.8) is 0 Å². The molecule has 0 saturated carbocycles. The van der Waals surface area contributed by atoms with Gasteiger partial charge < -0.3 is 4.74 Å². The number of rotatable bonds is 3. The van der Waals surface area contributed by atoms with E-state index in [1.54, 1.807) is 0 Å². The first-order chi connectivity index (χ1) is 8.16. The Hall–Kier alpha value is -1.23. The lowest BCUT2D eigenvalue weighted by Crippen LogP contribution is -2.32. The highest BCUT2D eigenvalue weighted by atomic mass is 35.5. The molecule has 1 aromatic carbocycles. The van der Waals surface area contributed by atoms with E-state index in [0.29, 0.717) is 5.56 Å². The number of ether oxygens (including phenoxy) is 1. The van der Waals surface area contributed by atoms with Gasteiger partial charge in [0.15, 0.2) is 0 Å². The summed E-state index contributed by atoms with van der Waals surface area (Å²) in [6.07, 6.45) is -4.45. The van der Waals surface area contributed by atoms with Gasteiger partial charge in [-0.2, -0.15) is 13.2 Å². The van der Waals surface area contributed by atoms with Crippen LogP contribution in [0.2, 0.25) is 0 Å². The zero-order valence-electron chi connectivity index (χ0n) is 9.84. The molecule has 0 fully saturated rings. The molecule has 1 rings (SSSR count). The first kappa shape index (κ1) is 14.8. The minimum Gasteiger partial charge on any atom is -0.468 e. The molecule has 0 bridgehead atoms. The van der Waals surface area contributed by atoms with E-state index in [2.05, 4.69) is 4.74 Å². The Bertz CT molecular complexity index is 441. The van der Waals surface area contributed by atoms with Gasteiger partial charge in [0.25, 0.3) is 0 Å². The summed E-state index contributed by atoms with van der Waals surface area (Å²) in [5, 5.41) is 0. The molecule has 1 atom stereocenters. The summed E-state index contributed by atoms with van der Waals surface area (Å²) in [6.45, 7) is 1.40. The van der Waals surface area contributed by atoms with Gasteiger partial charge >= 0.3 is 12.1 Å². The molecule has 6 heteroatoms. The fraction of sp³-hybridized carbons (Fsp3) is 0.417. The second-order valence-corrected chi connectivity index (χ2v) is 4.90. The molecule has 0 aliphatic rings. The number of hydrogen-bond donors (Lipinski definition) is 0. The number of alkyl halides is 4. The van der Waals surface area contributed by atoms with Gasteiger partial charge in [-0.1, -0.05) is 18.2 Å². The lowest BCUT2D eigenvalue weighted by Gasteiger charge is -2.19. The highest BCUT2D eigenvalue weighted by molar-refractivity contribution is 6.33. The van der Waals surface area contributed by atoms with Crippen molar-refractivity contribution in [1.29, 1.82) is 0 Å². The number of methoxy groups -OCH3 is 1. The summed E-state index contributed by atoms with van der Waals surface area (Å²) >= 11 is 5.93. The zero-order valence-corrected chi connectivity index (χ0v) is 10.6. The van der Waals surface area contributed by atoms with Gasteiger partial charge in [0.2, 0.25) is 0 Å². The molecule has 0 heterocycles. The van der Waals surface area contributed by atoms with E-state index in [4.69, 9.17) is 11.6 Å². The van der Waals surface area contributed by atoms with Crippen molar-refractivity contribution in [2.24, 2.45) is 0 Å². The largest absolute Gasteiger partial charge is 0.468 e. The van der Waals surface area contributed by atoms with Crippen molar-refractivity contribution in [1.82, 2.24) is 0 Å². The number of carbonyl (C=O) groups excluding carboxylic acids is 1. The van der Waals surface area contributed by atoms with Crippen LogP contribution in [0, 0.1) is 0 Å². The molecule has 0 saturated heterocycles. The minimum atomic E-state index is -4.41. The van der Waals surface area contributed by atoms with Gasteiger partial charge in [0.1, 0.15) is 4.87 Å². The summed E-state index contributed by atoms with van der Waals surface area (Å²) in [7, 11) is 1.18. The number of esters is 1. The van der Waals surface area contributed by atoms with Crippen LogP contribution in [0.25, 0.3) is 0 Å². The quantitative estimate of drug-likeness (QED) is 0.626. The predicted molar refractivity (Wildman–Crippen MR) is 61.4 cm³/mol. The van der Waals surface area contributed by atoms with E-state index in [9.17, 15) is 18.0 Å². The molecule has 0 aliphatic heterocycles. The standard InChI is InChI=1S/C12H12ClF3O2/c1-11(13,10(17)18-2)7-8-4-3-5-9(6-8)12(14,15)16/h3-6H,7H2,1-2H3. The average Bonchev–Trinajstić information content (AvgIpc) is 2.26. The van der Waals surface area contributed by atoms with E-state index in [-0.39, 0.29) is 6.42 Å². The predicted octanol–water partition coefficient (Wildman–Crippen LogP) is 3.42. The summed E-state index contributed by atoms with van der Waals surface area (Å²) in [5.41, 5.74) is -0.440. The monoisotopic (exact) mass is 280 g/mol. The molecular formula is C12H12ClF3O2. The first-order valence-corrected chi connectivity index (χ1v) is 5.48. The van der Waals surface area contributed by atoms with Crippen LogP contribution in [0.3, 0.4) is 0 Å². The Labute approximate surface area is 108 Å². The lowest BCUT2D eigenvalue weighted by atomic mass is 9.98. The third kappa shape index (κ3) is 3.63. The summed E-state index contributed by atoms with van der Waals surface area (Å²) in [5.74, 6) is -0.679. The first-order valence-electron chi connectivity index (χ1n) is 5.10. The second kappa shape index (κ2) is 5.18. The molecule has 0 spiro atoms. The van der Waals surface area contributed by atoms with E-state index < -0.39 is 22.6 Å². The molecule has 18 heavy (non-hydrogen) atoms. The molecule has 2 nitrogen and oxygen atoms in total. The fourth-order valence-corrected chi connectivity index (χ4v) is 1.76. The maximum atomic E-state index is 12.5. The Morgan fingerprint density at radius 2 is 2.00 bits per heavy atom. The van der Waals surface area contributed by atoms with Crippen LogP contribution in [-0.2, 0) is 22.1 Å². The van der Waals surface area contributed by atoms with Gasteiger partial charge in [-0.25, -0.2) is 0 Å². The number of benzene rings is 1. The van der Waals surface area contributed by atoms with Crippen LogP contribution in [0.4, 0.5) is 13.2 Å². The minimum absolute atomic E-state index is 0.0366. The molecule has 0 aromatic heterocycles. The van der Waals surface area contributed by atoms with Crippen molar-refractivity contribution in [2.75, 3.05) is 7.11 Å². The number of carbonyl (C=O) groups is 1. The topological polar surface area (TPSA) is 26.3 Å². The second-order valence-electron chi connectivity index (χ2n) is 4.06. The van der Waals surface area contributed by atoms with E-state index >= 15 is 0 Å². The summed E-state index contributed by atoms with van der Waals surface area (Å²) in [6, 6.07) is 4.71. The van der Waals surface area contributed by atoms with Crippen LogP contribution >= 0.6 is 11.6 Å². The van der Waals surface area contributed by atoms with Gasteiger partial charge in [-0.3, -0.25) is 4.79 Å².